The Labute approximate surface area is 102 Å². The maximum atomic E-state index is 11.4. The zero-order chi connectivity index (χ0) is 13.0. The molecular formula is C14H19NO2. The van der Waals surface area contributed by atoms with Crippen LogP contribution in [0, 0.1) is 0 Å². The van der Waals surface area contributed by atoms with Crippen LogP contribution in [0.5, 0.6) is 0 Å². The Morgan fingerprint density at radius 3 is 2.12 bits per heavy atom. The average molecular weight is 233 g/mol. The fraction of sp³-hybridized carbons (Fsp3) is 0.429. The van der Waals surface area contributed by atoms with Gasteiger partial charge in [0, 0.05) is 20.5 Å². The third-order valence-corrected chi connectivity index (χ3v) is 2.71. The molecule has 0 aliphatic heterocycles. The second-order valence-corrected chi connectivity index (χ2v) is 4.61. The van der Waals surface area contributed by atoms with Crippen LogP contribution in [0.25, 0.3) is 0 Å². The Balaban J connectivity index is 2.69. The van der Waals surface area contributed by atoms with Crippen molar-refractivity contribution in [3.05, 3.63) is 35.4 Å². The molecule has 0 radical (unpaired) electrons. The average Bonchev–Trinajstić information content (AvgIpc) is 2.28. The molecular weight excluding hydrogens is 214 g/mol. The van der Waals surface area contributed by atoms with Crippen molar-refractivity contribution >= 4 is 11.7 Å². The maximum absolute atomic E-state index is 11.4. The van der Waals surface area contributed by atoms with E-state index in [1.165, 1.54) is 17.4 Å². The van der Waals surface area contributed by atoms with E-state index in [2.05, 4.69) is 26.0 Å². The molecule has 0 heterocycles. The molecule has 0 aliphatic rings. The van der Waals surface area contributed by atoms with E-state index in [1.54, 1.807) is 7.05 Å². The van der Waals surface area contributed by atoms with Crippen LogP contribution in [-0.2, 0) is 16.1 Å². The SMILES string of the molecule is CC(=O)C(=O)N(C)Cc1ccc(C(C)C)cc1. The van der Waals surface area contributed by atoms with Gasteiger partial charge in [0.15, 0.2) is 0 Å². The summed E-state index contributed by atoms with van der Waals surface area (Å²) in [4.78, 5) is 23.8. The number of likely N-dealkylation sites (N-methyl/N-ethyl adjacent to an activating group) is 1. The number of hydrogen-bond donors (Lipinski definition) is 0. The Bertz CT molecular complexity index is 407. The van der Waals surface area contributed by atoms with Crippen molar-refractivity contribution in [3.63, 3.8) is 0 Å². The number of hydrogen-bond acceptors (Lipinski definition) is 2. The number of carbonyl (C=O) groups excluding carboxylic acids is 2. The van der Waals surface area contributed by atoms with E-state index in [4.69, 9.17) is 0 Å². The molecule has 0 spiro atoms. The van der Waals surface area contributed by atoms with E-state index < -0.39 is 11.7 Å². The highest BCUT2D eigenvalue weighted by Gasteiger charge is 2.13. The van der Waals surface area contributed by atoms with Gasteiger partial charge in [-0.05, 0) is 17.0 Å². The summed E-state index contributed by atoms with van der Waals surface area (Å²) in [7, 11) is 1.64. The molecule has 0 saturated carbocycles. The van der Waals surface area contributed by atoms with Crippen LogP contribution in [-0.4, -0.2) is 23.6 Å². The zero-order valence-corrected chi connectivity index (χ0v) is 10.9. The quantitative estimate of drug-likeness (QED) is 0.749. The van der Waals surface area contributed by atoms with Crippen molar-refractivity contribution in [2.75, 3.05) is 7.05 Å². The van der Waals surface area contributed by atoms with E-state index in [9.17, 15) is 9.59 Å². The second kappa shape index (κ2) is 5.62. The summed E-state index contributed by atoms with van der Waals surface area (Å²) in [5.41, 5.74) is 2.31. The largest absolute Gasteiger partial charge is 0.335 e. The zero-order valence-electron chi connectivity index (χ0n) is 10.9. The van der Waals surface area contributed by atoms with Gasteiger partial charge in [0.1, 0.15) is 0 Å². The highest BCUT2D eigenvalue weighted by molar-refractivity contribution is 6.34. The van der Waals surface area contributed by atoms with Gasteiger partial charge >= 0.3 is 0 Å². The molecule has 1 aromatic carbocycles. The number of benzene rings is 1. The summed E-state index contributed by atoms with van der Waals surface area (Å²) in [6, 6.07) is 8.12. The van der Waals surface area contributed by atoms with Crippen LogP contribution in [0.4, 0.5) is 0 Å². The summed E-state index contributed by atoms with van der Waals surface area (Å²) in [6.07, 6.45) is 0. The molecule has 0 saturated heterocycles. The van der Waals surface area contributed by atoms with E-state index in [0.29, 0.717) is 12.5 Å². The maximum Gasteiger partial charge on any atom is 0.289 e. The first-order valence-electron chi connectivity index (χ1n) is 5.76. The molecule has 0 bridgehead atoms. The molecule has 0 unspecified atom stereocenters. The molecule has 0 aromatic heterocycles. The number of ketones is 1. The van der Waals surface area contributed by atoms with E-state index in [-0.39, 0.29) is 0 Å². The standard InChI is InChI=1S/C14H19NO2/c1-10(2)13-7-5-12(6-8-13)9-15(4)14(17)11(3)16/h5-8,10H,9H2,1-4H3. The molecule has 1 rings (SSSR count). The molecule has 3 nitrogen and oxygen atoms in total. The molecule has 17 heavy (non-hydrogen) atoms. The minimum atomic E-state index is -0.446. The Morgan fingerprint density at radius 1 is 1.18 bits per heavy atom. The summed E-state index contributed by atoms with van der Waals surface area (Å²) in [5, 5.41) is 0. The van der Waals surface area contributed by atoms with Crippen LogP contribution >= 0.6 is 0 Å². The van der Waals surface area contributed by atoms with Gasteiger partial charge in [0.25, 0.3) is 5.91 Å². The van der Waals surface area contributed by atoms with Crippen LogP contribution in [0.3, 0.4) is 0 Å². The first-order valence-corrected chi connectivity index (χ1v) is 5.76. The second-order valence-electron chi connectivity index (χ2n) is 4.61. The van der Waals surface area contributed by atoms with Gasteiger partial charge in [-0.2, -0.15) is 0 Å². The number of Topliss-reactive ketones (excluding diaryl/α,β-unsaturated/α-hetero) is 1. The van der Waals surface area contributed by atoms with Crippen molar-refractivity contribution in [3.8, 4) is 0 Å². The van der Waals surface area contributed by atoms with E-state index in [1.807, 2.05) is 12.1 Å². The number of rotatable bonds is 4. The van der Waals surface area contributed by atoms with Gasteiger partial charge < -0.3 is 4.90 Å². The molecule has 3 heteroatoms. The van der Waals surface area contributed by atoms with Crippen LogP contribution in [0.1, 0.15) is 37.8 Å². The molecule has 1 aromatic rings. The lowest BCUT2D eigenvalue weighted by atomic mass is 10.0. The smallest absolute Gasteiger partial charge is 0.289 e. The van der Waals surface area contributed by atoms with Gasteiger partial charge in [-0.1, -0.05) is 38.1 Å². The molecule has 1 amide bonds. The van der Waals surface area contributed by atoms with E-state index in [0.717, 1.165) is 5.56 Å². The number of nitrogens with zero attached hydrogens (tertiary/aromatic N) is 1. The first kappa shape index (κ1) is 13.4. The number of amides is 1. The summed E-state index contributed by atoms with van der Waals surface area (Å²) < 4.78 is 0. The Morgan fingerprint density at radius 2 is 1.71 bits per heavy atom. The highest BCUT2D eigenvalue weighted by Crippen LogP contribution is 2.15. The minimum Gasteiger partial charge on any atom is -0.335 e. The predicted molar refractivity (Wildman–Crippen MR) is 67.7 cm³/mol. The highest BCUT2D eigenvalue weighted by atomic mass is 16.2. The first-order chi connectivity index (χ1) is 7.91. The number of carbonyl (C=O) groups is 2. The van der Waals surface area contributed by atoms with E-state index >= 15 is 0 Å². The van der Waals surface area contributed by atoms with Gasteiger partial charge in [-0.3, -0.25) is 9.59 Å². The lowest BCUT2D eigenvalue weighted by Crippen LogP contribution is -2.31. The molecule has 92 valence electrons. The monoisotopic (exact) mass is 233 g/mol. The van der Waals surface area contributed by atoms with Crippen molar-refractivity contribution in [1.82, 2.24) is 4.90 Å². The summed E-state index contributed by atoms with van der Waals surface area (Å²) in [5.74, 6) is -0.370. The van der Waals surface area contributed by atoms with Crippen molar-refractivity contribution < 1.29 is 9.59 Å². The molecule has 0 N–H and O–H groups in total. The third kappa shape index (κ3) is 3.70. The van der Waals surface area contributed by atoms with Crippen LogP contribution < -0.4 is 0 Å². The Kier molecular flexibility index (Phi) is 4.44. The lowest BCUT2D eigenvalue weighted by molar-refractivity contribution is -0.143. The van der Waals surface area contributed by atoms with Crippen molar-refractivity contribution in [2.24, 2.45) is 0 Å². The summed E-state index contributed by atoms with van der Waals surface area (Å²) >= 11 is 0. The predicted octanol–water partition coefficient (Wildman–Crippen LogP) is 2.36. The van der Waals surface area contributed by atoms with Crippen molar-refractivity contribution in [1.29, 1.82) is 0 Å². The van der Waals surface area contributed by atoms with Gasteiger partial charge in [0.05, 0.1) is 0 Å². The molecule has 0 atom stereocenters. The fourth-order valence-electron chi connectivity index (χ4n) is 1.62. The van der Waals surface area contributed by atoms with Gasteiger partial charge in [0.2, 0.25) is 5.78 Å². The fourth-order valence-corrected chi connectivity index (χ4v) is 1.62. The van der Waals surface area contributed by atoms with Crippen LogP contribution in [0.15, 0.2) is 24.3 Å². The molecule has 0 aliphatic carbocycles. The van der Waals surface area contributed by atoms with Crippen molar-refractivity contribution in [2.45, 2.75) is 33.2 Å². The van der Waals surface area contributed by atoms with Gasteiger partial charge in [-0.15, -0.1) is 0 Å². The lowest BCUT2D eigenvalue weighted by Gasteiger charge is -2.16. The van der Waals surface area contributed by atoms with Gasteiger partial charge in [-0.25, -0.2) is 0 Å². The molecule has 0 fully saturated rings. The normalized spacial score (nSPS) is 10.4. The summed E-state index contributed by atoms with van der Waals surface area (Å²) in [6.45, 7) is 6.04. The minimum absolute atomic E-state index is 0.425. The topological polar surface area (TPSA) is 37.4 Å². The third-order valence-electron chi connectivity index (χ3n) is 2.71. The Hall–Kier alpha value is -1.64. The van der Waals surface area contributed by atoms with Crippen LogP contribution in [0.2, 0.25) is 0 Å².